The number of hydrogen-bond acceptors (Lipinski definition) is 3. The highest BCUT2D eigenvalue weighted by Gasteiger charge is 2.03. The van der Waals surface area contributed by atoms with Gasteiger partial charge in [0.05, 0.1) is 4.88 Å². The van der Waals surface area contributed by atoms with Crippen LogP contribution in [0.2, 0.25) is 0 Å². The highest BCUT2D eigenvalue weighted by Crippen LogP contribution is 2.29. The van der Waals surface area contributed by atoms with E-state index in [4.69, 9.17) is 0 Å². The van der Waals surface area contributed by atoms with Crippen molar-refractivity contribution >= 4 is 11.5 Å². The summed E-state index contributed by atoms with van der Waals surface area (Å²) in [5.74, 6) is 0.300. The Labute approximate surface area is 80.6 Å². The number of phenols is 1. The summed E-state index contributed by atoms with van der Waals surface area (Å²) in [5, 5.41) is 9.32. The van der Waals surface area contributed by atoms with Gasteiger partial charge in [0.1, 0.15) is 5.75 Å². The molecular formula is C10H9NOS. The van der Waals surface area contributed by atoms with E-state index in [1.165, 1.54) is 11.5 Å². The smallest absolute Gasteiger partial charge is 0.116 e. The van der Waals surface area contributed by atoms with Crippen molar-refractivity contribution in [2.75, 3.05) is 0 Å². The molecule has 0 aliphatic rings. The zero-order valence-electron chi connectivity index (χ0n) is 7.19. The number of hydrogen-bond donors (Lipinski definition) is 1. The summed E-state index contributed by atoms with van der Waals surface area (Å²) < 4.78 is 4.03. The second kappa shape index (κ2) is 3.18. The molecule has 0 amide bonds. The lowest BCUT2D eigenvalue weighted by molar-refractivity contribution is 0.475. The van der Waals surface area contributed by atoms with E-state index in [0.717, 1.165) is 16.0 Å². The molecule has 0 spiro atoms. The van der Waals surface area contributed by atoms with Gasteiger partial charge >= 0.3 is 0 Å². The van der Waals surface area contributed by atoms with E-state index in [-0.39, 0.29) is 0 Å². The predicted octanol–water partition coefficient (Wildman–Crippen LogP) is 2.82. The molecule has 66 valence electrons. The van der Waals surface area contributed by atoms with Crippen molar-refractivity contribution in [3.05, 3.63) is 36.0 Å². The topological polar surface area (TPSA) is 33.1 Å². The molecule has 2 rings (SSSR count). The fourth-order valence-corrected chi connectivity index (χ4v) is 1.91. The standard InChI is InChI=1S/C10H9NOS/c1-7-2-3-8(12)6-9(7)10-4-5-11-13-10/h2-6,12H,1H3. The van der Waals surface area contributed by atoms with Crippen LogP contribution < -0.4 is 0 Å². The Morgan fingerprint density at radius 3 is 2.85 bits per heavy atom. The molecule has 0 aliphatic heterocycles. The van der Waals surface area contributed by atoms with Crippen LogP contribution in [-0.2, 0) is 0 Å². The van der Waals surface area contributed by atoms with Crippen molar-refractivity contribution in [3.8, 4) is 16.2 Å². The van der Waals surface area contributed by atoms with Crippen molar-refractivity contribution in [2.24, 2.45) is 0 Å². The Hall–Kier alpha value is -1.35. The number of rotatable bonds is 1. The molecular weight excluding hydrogens is 182 g/mol. The third-order valence-corrected chi connectivity index (χ3v) is 2.70. The van der Waals surface area contributed by atoms with Gasteiger partial charge in [-0.15, -0.1) is 0 Å². The van der Waals surface area contributed by atoms with E-state index in [2.05, 4.69) is 4.37 Å². The average molecular weight is 191 g/mol. The second-order valence-corrected chi connectivity index (χ2v) is 3.71. The third kappa shape index (κ3) is 1.55. The number of nitrogens with zero attached hydrogens (tertiary/aromatic N) is 1. The van der Waals surface area contributed by atoms with Crippen LogP contribution in [0.5, 0.6) is 5.75 Å². The molecule has 0 saturated carbocycles. The number of aromatic nitrogens is 1. The van der Waals surface area contributed by atoms with E-state index in [1.807, 2.05) is 19.1 Å². The molecule has 0 bridgehead atoms. The molecule has 1 heterocycles. The maximum absolute atomic E-state index is 9.32. The van der Waals surface area contributed by atoms with Crippen LogP contribution in [0.15, 0.2) is 30.5 Å². The third-order valence-electron chi connectivity index (χ3n) is 1.92. The Balaban J connectivity index is 2.57. The summed E-state index contributed by atoms with van der Waals surface area (Å²) in [6.45, 7) is 2.02. The molecule has 0 aliphatic carbocycles. The summed E-state index contributed by atoms with van der Waals surface area (Å²) in [6.07, 6.45) is 1.77. The lowest BCUT2D eigenvalue weighted by Gasteiger charge is -2.02. The van der Waals surface area contributed by atoms with Gasteiger partial charge in [-0.2, -0.15) is 0 Å². The molecule has 1 N–H and O–H groups in total. The van der Waals surface area contributed by atoms with Gasteiger partial charge in [-0.3, -0.25) is 0 Å². The van der Waals surface area contributed by atoms with Crippen LogP contribution in [0.25, 0.3) is 10.4 Å². The minimum Gasteiger partial charge on any atom is -0.508 e. The molecule has 0 radical (unpaired) electrons. The van der Waals surface area contributed by atoms with Crippen LogP contribution in [0.4, 0.5) is 0 Å². The van der Waals surface area contributed by atoms with Gasteiger partial charge in [-0.25, -0.2) is 4.37 Å². The van der Waals surface area contributed by atoms with Gasteiger partial charge in [-0.1, -0.05) is 6.07 Å². The molecule has 0 fully saturated rings. The molecule has 0 atom stereocenters. The minimum atomic E-state index is 0.300. The summed E-state index contributed by atoms with van der Waals surface area (Å²) in [7, 11) is 0. The number of aryl methyl sites for hydroxylation is 1. The van der Waals surface area contributed by atoms with Gasteiger partial charge in [-0.05, 0) is 47.8 Å². The molecule has 0 unspecified atom stereocenters. The fourth-order valence-electron chi connectivity index (χ4n) is 1.23. The van der Waals surface area contributed by atoms with Gasteiger partial charge in [0, 0.05) is 6.20 Å². The Morgan fingerprint density at radius 2 is 2.15 bits per heavy atom. The molecule has 2 nitrogen and oxygen atoms in total. The Bertz CT molecular complexity index is 409. The first-order valence-corrected chi connectivity index (χ1v) is 4.75. The molecule has 13 heavy (non-hydrogen) atoms. The van der Waals surface area contributed by atoms with E-state index >= 15 is 0 Å². The lowest BCUT2D eigenvalue weighted by atomic mass is 10.1. The van der Waals surface area contributed by atoms with Crippen LogP contribution >= 0.6 is 11.5 Å². The fraction of sp³-hybridized carbons (Fsp3) is 0.100. The predicted molar refractivity (Wildman–Crippen MR) is 54.0 cm³/mol. The highest BCUT2D eigenvalue weighted by atomic mass is 32.1. The van der Waals surface area contributed by atoms with Crippen LogP contribution in [0, 0.1) is 6.92 Å². The van der Waals surface area contributed by atoms with Crippen molar-refractivity contribution in [3.63, 3.8) is 0 Å². The molecule has 0 saturated heterocycles. The Kier molecular flexibility index (Phi) is 2.02. The van der Waals surface area contributed by atoms with Crippen LogP contribution in [0.1, 0.15) is 5.56 Å². The maximum atomic E-state index is 9.32. The van der Waals surface area contributed by atoms with Gasteiger partial charge in [0.25, 0.3) is 0 Å². The SMILES string of the molecule is Cc1ccc(O)cc1-c1ccns1. The summed E-state index contributed by atoms with van der Waals surface area (Å²) in [6, 6.07) is 7.32. The zero-order valence-corrected chi connectivity index (χ0v) is 8.01. The summed E-state index contributed by atoms with van der Waals surface area (Å²) in [5.41, 5.74) is 2.21. The van der Waals surface area contributed by atoms with Crippen LogP contribution in [0.3, 0.4) is 0 Å². The second-order valence-electron chi connectivity index (χ2n) is 2.88. The van der Waals surface area contributed by atoms with Gasteiger partial charge < -0.3 is 5.11 Å². The monoisotopic (exact) mass is 191 g/mol. The van der Waals surface area contributed by atoms with E-state index < -0.39 is 0 Å². The highest BCUT2D eigenvalue weighted by molar-refractivity contribution is 7.09. The summed E-state index contributed by atoms with van der Waals surface area (Å²) in [4.78, 5) is 1.09. The zero-order chi connectivity index (χ0) is 9.26. The maximum Gasteiger partial charge on any atom is 0.116 e. The van der Waals surface area contributed by atoms with Crippen molar-refractivity contribution in [2.45, 2.75) is 6.92 Å². The largest absolute Gasteiger partial charge is 0.508 e. The normalized spacial score (nSPS) is 10.2. The van der Waals surface area contributed by atoms with E-state index in [0.29, 0.717) is 5.75 Å². The first kappa shape index (κ1) is 8.26. The van der Waals surface area contributed by atoms with Crippen molar-refractivity contribution in [1.29, 1.82) is 0 Å². The summed E-state index contributed by atoms with van der Waals surface area (Å²) >= 11 is 1.44. The number of phenolic OH excluding ortho intramolecular Hbond substituents is 1. The Morgan fingerprint density at radius 1 is 1.31 bits per heavy atom. The number of benzene rings is 1. The van der Waals surface area contributed by atoms with E-state index in [9.17, 15) is 5.11 Å². The van der Waals surface area contributed by atoms with E-state index in [1.54, 1.807) is 18.3 Å². The number of aromatic hydroxyl groups is 1. The average Bonchev–Trinajstić information content (AvgIpc) is 2.61. The molecule has 2 aromatic rings. The molecule has 1 aromatic carbocycles. The first-order chi connectivity index (χ1) is 6.27. The van der Waals surface area contributed by atoms with Gasteiger partial charge in [0.2, 0.25) is 0 Å². The molecule has 1 aromatic heterocycles. The molecule has 3 heteroatoms. The minimum absolute atomic E-state index is 0.300. The quantitative estimate of drug-likeness (QED) is 0.751. The van der Waals surface area contributed by atoms with Crippen molar-refractivity contribution in [1.82, 2.24) is 4.37 Å². The lowest BCUT2D eigenvalue weighted by Crippen LogP contribution is -1.78. The van der Waals surface area contributed by atoms with Crippen LogP contribution in [-0.4, -0.2) is 9.48 Å². The van der Waals surface area contributed by atoms with Crippen molar-refractivity contribution < 1.29 is 5.11 Å². The van der Waals surface area contributed by atoms with Gasteiger partial charge in [0.15, 0.2) is 0 Å². The first-order valence-electron chi connectivity index (χ1n) is 3.98.